The summed E-state index contributed by atoms with van der Waals surface area (Å²) in [5.74, 6) is -3.79. The Morgan fingerprint density at radius 3 is 2.81 bits per heavy atom. The summed E-state index contributed by atoms with van der Waals surface area (Å²) in [7, 11) is 0. The van der Waals surface area contributed by atoms with E-state index in [0.29, 0.717) is 0 Å². The first-order chi connectivity index (χ1) is 13.0. The monoisotopic (exact) mass is 392 g/mol. The van der Waals surface area contributed by atoms with E-state index in [-0.39, 0.29) is 28.9 Å². The zero-order valence-electron chi connectivity index (χ0n) is 14.3. The molecule has 0 atom stereocenters. The smallest absolute Gasteiger partial charge is 0.290 e. The summed E-state index contributed by atoms with van der Waals surface area (Å²) in [6, 6.07) is 10.7. The van der Waals surface area contributed by atoms with Crippen LogP contribution < -0.4 is 15.8 Å². The summed E-state index contributed by atoms with van der Waals surface area (Å²) in [6.07, 6.45) is 3.24. The fourth-order valence-electron chi connectivity index (χ4n) is 2.92. The predicted octanol–water partition coefficient (Wildman–Crippen LogP) is 2.61. The van der Waals surface area contributed by atoms with Crippen LogP contribution in [-0.2, 0) is 11.2 Å². The van der Waals surface area contributed by atoms with E-state index >= 15 is 0 Å². The van der Waals surface area contributed by atoms with E-state index < -0.39 is 17.6 Å². The summed E-state index contributed by atoms with van der Waals surface area (Å²) < 4.78 is 25.2. The number of halogens is 2. The van der Waals surface area contributed by atoms with Crippen LogP contribution in [0.2, 0.25) is 0 Å². The van der Waals surface area contributed by atoms with Gasteiger partial charge in [0.1, 0.15) is 5.03 Å². The number of para-hydroxylation sites is 1. The van der Waals surface area contributed by atoms with Gasteiger partial charge in [0.2, 0.25) is 0 Å². The van der Waals surface area contributed by atoms with Crippen molar-refractivity contribution in [2.24, 2.45) is 0 Å². The molecule has 0 unspecified atom stereocenters. The Morgan fingerprint density at radius 1 is 1.19 bits per heavy atom. The first-order valence-electron chi connectivity index (χ1n) is 8.36. The maximum Gasteiger partial charge on any atom is 0.290 e. The molecule has 1 aromatic heterocycles. The lowest BCUT2D eigenvalue weighted by Gasteiger charge is -2.30. The van der Waals surface area contributed by atoms with Gasteiger partial charge >= 0.3 is 0 Å². The molecule has 2 aromatic rings. The summed E-state index contributed by atoms with van der Waals surface area (Å²) in [5.41, 5.74) is 6.77. The Labute approximate surface area is 159 Å². The number of pyridine rings is 1. The molecule has 1 aliphatic rings. The first-order valence-corrected chi connectivity index (χ1v) is 9.24. The number of aryl methyl sites for hydroxylation is 1. The van der Waals surface area contributed by atoms with Gasteiger partial charge in [-0.25, -0.2) is 4.98 Å². The van der Waals surface area contributed by atoms with Gasteiger partial charge in [0.05, 0.1) is 12.1 Å². The third-order valence-electron chi connectivity index (χ3n) is 4.07. The SMILES string of the molecule is O=C(CN1CCCc2ccccc21)NNC(=O)c1cccnc1SC(F)F. The third kappa shape index (κ3) is 4.94. The van der Waals surface area contributed by atoms with E-state index in [4.69, 9.17) is 0 Å². The molecule has 0 aliphatic carbocycles. The first kappa shape index (κ1) is 19.1. The molecule has 0 spiro atoms. The topological polar surface area (TPSA) is 74.3 Å². The molecule has 0 saturated heterocycles. The molecule has 0 radical (unpaired) electrons. The quantitative estimate of drug-likeness (QED) is 0.604. The number of hydrogen-bond donors (Lipinski definition) is 2. The van der Waals surface area contributed by atoms with E-state index in [2.05, 4.69) is 15.8 Å². The molecule has 0 bridgehead atoms. The number of amides is 2. The largest absolute Gasteiger partial charge is 0.362 e. The van der Waals surface area contributed by atoms with E-state index in [9.17, 15) is 18.4 Å². The van der Waals surface area contributed by atoms with Gasteiger partial charge < -0.3 is 4.90 Å². The number of rotatable bonds is 5. The maximum absolute atomic E-state index is 12.6. The predicted molar refractivity (Wildman–Crippen MR) is 98.7 cm³/mol. The molecule has 142 valence electrons. The van der Waals surface area contributed by atoms with Crippen LogP contribution in [0.3, 0.4) is 0 Å². The number of carbonyl (C=O) groups is 2. The van der Waals surface area contributed by atoms with Crippen molar-refractivity contribution >= 4 is 29.3 Å². The minimum absolute atomic E-state index is 0.0218. The van der Waals surface area contributed by atoms with Crippen LogP contribution in [0, 0.1) is 0 Å². The molecule has 3 rings (SSSR count). The number of nitrogens with one attached hydrogen (secondary N) is 2. The zero-order valence-corrected chi connectivity index (χ0v) is 15.1. The molecule has 2 N–H and O–H groups in total. The lowest BCUT2D eigenvalue weighted by Crippen LogP contribution is -2.47. The molecule has 9 heteroatoms. The highest BCUT2D eigenvalue weighted by molar-refractivity contribution is 7.99. The van der Waals surface area contributed by atoms with Crippen LogP contribution in [0.4, 0.5) is 14.5 Å². The van der Waals surface area contributed by atoms with Gasteiger partial charge in [-0.05, 0) is 48.4 Å². The maximum atomic E-state index is 12.6. The van der Waals surface area contributed by atoms with Crippen molar-refractivity contribution in [1.82, 2.24) is 15.8 Å². The molecule has 2 amide bonds. The Bertz CT molecular complexity index is 835. The zero-order chi connectivity index (χ0) is 19.2. The Hall–Kier alpha value is -2.68. The number of alkyl halides is 2. The summed E-state index contributed by atoms with van der Waals surface area (Å²) in [6.45, 7) is 0.832. The van der Waals surface area contributed by atoms with Gasteiger partial charge in [-0.2, -0.15) is 8.78 Å². The highest BCUT2D eigenvalue weighted by atomic mass is 32.2. The molecule has 2 heterocycles. The molecule has 0 fully saturated rings. The number of hydrogen-bond acceptors (Lipinski definition) is 5. The normalized spacial score (nSPS) is 13.2. The standard InChI is InChI=1S/C18H18F2N4O2S/c19-18(20)27-17-13(7-3-9-21-17)16(26)23-22-15(25)11-24-10-4-6-12-5-1-2-8-14(12)24/h1-3,5,7-9,18H,4,6,10-11H2,(H,22,25)(H,23,26). The van der Waals surface area contributed by atoms with Gasteiger partial charge in [-0.15, -0.1) is 0 Å². The summed E-state index contributed by atoms with van der Waals surface area (Å²) in [4.78, 5) is 30.1. The van der Waals surface area contributed by atoms with Crippen molar-refractivity contribution in [2.45, 2.75) is 23.6 Å². The number of anilines is 1. The van der Waals surface area contributed by atoms with Gasteiger partial charge in [0.25, 0.3) is 17.6 Å². The minimum Gasteiger partial charge on any atom is -0.362 e. The van der Waals surface area contributed by atoms with Gasteiger partial charge in [0.15, 0.2) is 0 Å². The van der Waals surface area contributed by atoms with Crippen LogP contribution >= 0.6 is 11.8 Å². The number of aromatic nitrogens is 1. The van der Waals surface area contributed by atoms with E-state index in [0.717, 1.165) is 25.1 Å². The van der Waals surface area contributed by atoms with Crippen LogP contribution in [-0.4, -0.2) is 35.6 Å². The van der Waals surface area contributed by atoms with Crippen molar-refractivity contribution in [3.63, 3.8) is 0 Å². The molecular weight excluding hydrogens is 374 g/mol. The van der Waals surface area contributed by atoms with Crippen LogP contribution in [0.1, 0.15) is 22.3 Å². The fraction of sp³-hybridized carbons (Fsp3) is 0.278. The Morgan fingerprint density at radius 2 is 2.00 bits per heavy atom. The Balaban J connectivity index is 1.58. The highest BCUT2D eigenvalue weighted by Gasteiger charge is 2.20. The number of hydrazine groups is 1. The molecule has 27 heavy (non-hydrogen) atoms. The number of benzene rings is 1. The van der Waals surface area contributed by atoms with Crippen molar-refractivity contribution in [2.75, 3.05) is 18.0 Å². The number of nitrogens with zero attached hydrogens (tertiary/aromatic N) is 2. The highest BCUT2D eigenvalue weighted by Crippen LogP contribution is 2.27. The molecule has 0 saturated carbocycles. The van der Waals surface area contributed by atoms with E-state index in [1.54, 1.807) is 0 Å². The third-order valence-corrected chi connectivity index (χ3v) is 4.80. The molecule has 1 aliphatic heterocycles. The number of thioether (sulfide) groups is 1. The summed E-state index contributed by atoms with van der Waals surface area (Å²) in [5, 5.41) is -0.0933. The summed E-state index contributed by atoms with van der Waals surface area (Å²) >= 11 is 0.182. The fourth-order valence-corrected chi connectivity index (χ4v) is 3.50. The van der Waals surface area contributed by atoms with Crippen LogP contribution in [0.25, 0.3) is 0 Å². The van der Waals surface area contributed by atoms with Gasteiger partial charge in [-0.1, -0.05) is 18.2 Å². The van der Waals surface area contributed by atoms with E-state index in [1.165, 1.54) is 23.9 Å². The molecular formula is C18H18F2N4O2S. The lowest BCUT2D eigenvalue weighted by atomic mass is 10.0. The van der Waals surface area contributed by atoms with Crippen molar-refractivity contribution in [1.29, 1.82) is 0 Å². The minimum atomic E-state index is -2.69. The van der Waals surface area contributed by atoms with E-state index in [1.807, 2.05) is 29.2 Å². The van der Waals surface area contributed by atoms with Crippen molar-refractivity contribution in [3.8, 4) is 0 Å². The number of carbonyl (C=O) groups excluding carboxylic acids is 2. The van der Waals surface area contributed by atoms with Crippen molar-refractivity contribution in [3.05, 3.63) is 53.7 Å². The lowest BCUT2D eigenvalue weighted by molar-refractivity contribution is -0.120. The van der Waals surface area contributed by atoms with Crippen LogP contribution in [0.15, 0.2) is 47.6 Å². The average molecular weight is 392 g/mol. The molecule has 6 nitrogen and oxygen atoms in total. The van der Waals surface area contributed by atoms with Crippen molar-refractivity contribution < 1.29 is 18.4 Å². The van der Waals surface area contributed by atoms with Gasteiger partial charge in [-0.3, -0.25) is 20.4 Å². The average Bonchev–Trinajstić information content (AvgIpc) is 2.66. The van der Waals surface area contributed by atoms with Gasteiger partial charge in [0, 0.05) is 18.4 Å². The number of fused-ring (bicyclic) bond motifs is 1. The second kappa shape index (κ2) is 8.81. The molecule has 1 aromatic carbocycles. The second-order valence-corrected chi connectivity index (χ2v) is 6.87. The Kier molecular flexibility index (Phi) is 6.23. The second-order valence-electron chi connectivity index (χ2n) is 5.89. The van der Waals surface area contributed by atoms with Crippen LogP contribution in [0.5, 0.6) is 0 Å².